The first-order valence-corrected chi connectivity index (χ1v) is 12.9. The minimum absolute atomic E-state index is 0.0443. The number of halogens is 2. The summed E-state index contributed by atoms with van der Waals surface area (Å²) in [7, 11) is -2.57. The lowest BCUT2D eigenvalue weighted by Crippen LogP contribution is -2.68. The molecule has 0 aromatic heterocycles. The minimum atomic E-state index is -2.57. The van der Waals surface area contributed by atoms with Crippen molar-refractivity contribution in [3.05, 3.63) is 88.9 Å². The van der Waals surface area contributed by atoms with Crippen molar-refractivity contribution in [1.82, 2.24) is 0 Å². The first-order chi connectivity index (χ1) is 12.9. The van der Waals surface area contributed by atoms with E-state index in [1.165, 1.54) is 15.9 Å². The molecule has 27 heavy (non-hydrogen) atoms. The zero-order valence-corrected chi connectivity index (χ0v) is 20.0. The molecule has 0 aliphatic rings. The van der Waals surface area contributed by atoms with Gasteiger partial charge in [0.1, 0.15) is 5.75 Å². The van der Waals surface area contributed by atoms with Crippen LogP contribution in [0.2, 0.25) is 5.04 Å². The van der Waals surface area contributed by atoms with Gasteiger partial charge in [-0.1, -0.05) is 113 Å². The van der Waals surface area contributed by atoms with Gasteiger partial charge in [0.05, 0.1) is 0 Å². The Bertz CT molecular complexity index is 850. The second-order valence-corrected chi connectivity index (χ2v) is 13.3. The first kappa shape index (κ1) is 20.4. The molecule has 3 rings (SSSR count). The first-order valence-electron chi connectivity index (χ1n) is 9.03. The molecule has 0 radical (unpaired) electrons. The molecule has 0 amide bonds. The van der Waals surface area contributed by atoms with Crippen LogP contribution in [0.1, 0.15) is 26.3 Å². The van der Waals surface area contributed by atoms with Crippen molar-refractivity contribution in [2.24, 2.45) is 0 Å². The molecule has 0 spiro atoms. The number of rotatable bonds is 5. The molecule has 0 atom stereocenters. The highest BCUT2D eigenvalue weighted by molar-refractivity contribution is 9.10. The molecule has 0 bridgehead atoms. The van der Waals surface area contributed by atoms with E-state index >= 15 is 0 Å². The van der Waals surface area contributed by atoms with E-state index in [9.17, 15) is 0 Å². The van der Waals surface area contributed by atoms with Crippen LogP contribution >= 0.6 is 31.9 Å². The molecule has 0 aliphatic carbocycles. The smallest absolute Gasteiger partial charge is 0.319 e. The van der Waals surface area contributed by atoms with Crippen molar-refractivity contribution in [3.8, 4) is 5.75 Å². The van der Waals surface area contributed by atoms with E-state index in [-0.39, 0.29) is 5.04 Å². The van der Waals surface area contributed by atoms with Gasteiger partial charge in [0.2, 0.25) is 0 Å². The van der Waals surface area contributed by atoms with E-state index in [0.29, 0.717) is 0 Å². The fourth-order valence-corrected chi connectivity index (χ4v) is 9.18. The van der Waals surface area contributed by atoms with Crippen molar-refractivity contribution in [3.63, 3.8) is 0 Å². The lowest BCUT2D eigenvalue weighted by Gasteiger charge is -2.43. The molecule has 0 fully saturated rings. The summed E-state index contributed by atoms with van der Waals surface area (Å²) in [6, 6.07) is 27.7. The van der Waals surface area contributed by atoms with Crippen molar-refractivity contribution < 1.29 is 4.43 Å². The highest BCUT2D eigenvalue weighted by Gasteiger charge is 2.52. The fraction of sp³-hybridized carbons (Fsp3) is 0.217. The Hall–Kier alpha value is -1.36. The molecule has 140 valence electrons. The molecule has 1 nitrogen and oxygen atoms in total. The van der Waals surface area contributed by atoms with Gasteiger partial charge in [-0.2, -0.15) is 0 Å². The van der Waals surface area contributed by atoms with Crippen LogP contribution in [-0.2, 0) is 5.33 Å². The molecular weight excluding hydrogens is 480 g/mol. The van der Waals surface area contributed by atoms with Crippen LogP contribution in [-0.4, -0.2) is 8.32 Å². The van der Waals surface area contributed by atoms with Crippen LogP contribution in [0.25, 0.3) is 0 Å². The van der Waals surface area contributed by atoms with Crippen molar-refractivity contribution >= 4 is 50.6 Å². The van der Waals surface area contributed by atoms with Crippen molar-refractivity contribution in [1.29, 1.82) is 0 Å². The Kier molecular flexibility index (Phi) is 6.29. The standard InChI is InChI=1S/C23H24Br2OSi/c1-23(2,3)27(20-10-6-4-7-11-20,21-12-8-5-9-13-21)26-19-14-15-22(25)18(16-19)17-24/h4-16H,17H2,1-3H3. The Morgan fingerprint density at radius 1 is 0.815 bits per heavy atom. The van der Waals surface area contributed by atoms with Gasteiger partial charge in [-0.05, 0) is 39.2 Å². The molecule has 3 aromatic rings. The number of hydrogen-bond donors (Lipinski definition) is 0. The number of benzene rings is 3. The predicted molar refractivity (Wildman–Crippen MR) is 125 cm³/mol. The molecule has 0 aliphatic heterocycles. The normalized spacial score (nSPS) is 12.0. The molecule has 0 saturated carbocycles. The van der Waals surface area contributed by atoms with Gasteiger partial charge in [0, 0.05) is 9.80 Å². The molecular formula is C23H24Br2OSi. The summed E-state index contributed by atoms with van der Waals surface area (Å²) in [6.07, 6.45) is 0. The average molecular weight is 504 g/mol. The fourth-order valence-electron chi connectivity index (χ4n) is 3.54. The Balaban J connectivity index is 2.24. The summed E-state index contributed by atoms with van der Waals surface area (Å²) < 4.78 is 8.13. The van der Waals surface area contributed by atoms with E-state index in [0.717, 1.165) is 15.6 Å². The highest BCUT2D eigenvalue weighted by Crippen LogP contribution is 2.38. The summed E-state index contributed by atoms with van der Waals surface area (Å²) in [5.74, 6) is 0.918. The van der Waals surface area contributed by atoms with Crippen LogP contribution in [0, 0.1) is 0 Å². The van der Waals surface area contributed by atoms with E-state index in [1.807, 2.05) is 0 Å². The molecule has 0 unspecified atom stereocenters. The van der Waals surface area contributed by atoms with E-state index in [4.69, 9.17) is 4.43 Å². The Morgan fingerprint density at radius 3 is 1.78 bits per heavy atom. The quantitative estimate of drug-likeness (QED) is 0.294. The lowest BCUT2D eigenvalue weighted by atomic mass is 10.2. The molecule has 0 N–H and O–H groups in total. The van der Waals surface area contributed by atoms with Crippen LogP contribution in [0.3, 0.4) is 0 Å². The second kappa shape index (κ2) is 8.34. The Morgan fingerprint density at radius 2 is 1.33 bits per heavy atom. The van der Waals surface area contributed by atoms with Crippen molar-refractivity contribution in [2.45, 2.75) is 31.1 Å². The zero-order valence-electron chi connectivity index (χ0n) is 15.9. The molecule has 4 heteroatoms. The maximum absolute atomic E-state index is 7.03. The Labute approximate surface area is 180 Å². The zero-order chi connectivity index (χ0) is 19.5. The summed E-state index contributed by atoms with van der Waals surface area (Å²) in [4.78, 5) is 0. The molecule has 3 aromatic carbocycles. The van der Waals surface area contributed by atoms with Gasteiger partial charge in [0.25, 0.3) is 0 Å². The van der Waals surface area contributed by atoms with Gasteiger partial charge < -0.3 is 4.43 Å². The van der Waals surface area contributed by atoms with Crippen LogP contribution < -0.4 is 14.8 Å². The minimum Gasteiger partial charge on any atom is -0.534 e. The molecule has 0 saturated heterocycles. The molecule has 0 heterocycles. The third-order valence-corrected chi connectivity index (χ3v) is 11.2. The summed E-state index contributed by atoms with van der Waals surface area (Å²) in [6.45, 7) is 6.89. The SMILES string of the molecule is CC(C)(C)[Si](Oc1ccc(Br)c(CBr)c1)(c1ccccc1)c1ccccc1. The maximum Gasteiger partial charge on any atom is 0.319 e. The largest absolute Gasteiger partial charge is 0.534 e. The second-order valence-electron chi connectivity index (χ2n) is 7.65. The highest BCUT2D eigenvalue weighted by atomic mass is 79.9. The van der Waals surface area contributed by atoms with E-state index in [1.54, 1.807) is 0 Å². The lowest BCUT2D eigenvalue weighted by molar-refractivity contribution is 0.507. The van der Waals surface area contributed by atoms with Crippen LogP contribution in [0.5, 0.6) is 5.75 Å². The van der Waals surface area contributed by atoms with E-state index in [2.05, 4.69) is 131 Å². The summed E-state index contributed by atoms with van der Waals surface area (Å²) in [5, 5.41) is 3.31. The third kappa shape index (κ3) is 4.08. The number of hydrogen-bond acceptors (Lipinski definition) is 1. The topological polar surface area (TPSA) is 9.23 Å². The van der Waals surface area contributed by atoms with E-state index < -0.39 is 8.32 Å². The summed E-state index contributed by atoms with van der Waals surface area (Å²) >= 11 is 7.20. The predicted octanol–water partition coefficient (Wildman–Crippen LogP) is 6.28. The van der Waals surface area contributed by atoms with Gasteiger partial charge in [-0.25, -0.2) is 0 Å². The van der Waals surface area contributed by atoms with Gasteiger partial charge in [0.15, 0.2) is 0 Å². The monoisotopic (exact) mass is 502 g/mol. The third-order valence-electron chi connectivity index (χ3n) is 4.85. The number of alkyl halides is 1. The van der Waals surface area contributed by atoms with Crippen molar-refractivity contribution in [2.75, 3.05) is 0 Å². The summed E-state index contributed by atoms with van der Waals surface area (Å²) in [5.41, 5.74) is 1.19. The van der Waals surface area contributed by atoms with Crippen LogP contribution in [0.15, 0.2) is 83.3 Å². The van der Waals surface area contributed by atoms with Crippen LogP contribution in [0.4, 0.5) is 0 Å². The van der Waals surface area contributed by atoms with Gasteiger partial charge in [-0.15, -0.1) is 0 Å². The van der Waals surface area contributed by atoms with Gasteiger partial charge >= 0.3 is 8.32 Å². The maximum atomic E-state index is 7.03. The average Bonchev–Trinajstić information content (AvgIpc) is 2.67. The van der Waals surface area contributed by atoms with Gasteiger partial charge in [-0.3, -0.25) is 0 Å².